The van der Waals surface area contributed by atoms with Crippen LogP contribution in [0.3, 0.4) is 0 Å². The van der Waals surface area contributed by atoms with E-state index < -0.39 is 0 Å². The maximum Gasteiger partial charge on any atom is -0.0238 e. The van der Waals surface area contributed by atoms with Crippen molar-refractivity contribution in [2.24, 2.45) is 0 Å². The van der Waals surface area contributed by atoms with Crippen molar-refractivity contribution < 1.29 is 0 Å². The molecular formula is C47H87. The van der Waals surface area contributed by atoms with E-state index in [1.54, 1.807) is 0 Å². The summed E-state index contributed by atoms with van der Waals surface area (Å²) in [7, 11) is 0. The van der Waals surface area contributed by atoms with Gasteiger partial charge in [-0.1, -0.05) is 250 Å². The van der Waals surface area contributed by atoms with Gasteiger partial charge in [0.05, 0.1) is 0 Å². The van der Waals surface area contributed by atoms with Gasteiger partial charge in [0.2, 0.25) is 0 Å². The Hall–Kier alpha value is -0.780. The summed E-state index contributed by atoms with van der Waals surface area (Å²) in [6.45, 7) is 8.92. The number of benzene rings is 1. The molecule has 0 bridgehead atoms. The third-order valence-electron chi connectivity index (χ3n) is 10.8. The molecule has 0 spiro atoms. The van der Waals surface area contributed by atoms with Crippen LogP contribution in [-0.4, -0.2) is 0 Å². The molecule has 0 heteroatoms. The van der Waals surface area contributed by atoms with Crippen LogP contribution in [0.25, 0.3) is 0 Å². The van der Waals surface area contributed by atoms with E-state index >= 15 is 0 Å². The molecule has 0 unspecified atom stereocenters. The van der Waals surface area contributed by atoms with Gasteiger partial charge in [0.25, 0.3) is 0 Å². The quantitative estimate of drug-likeness (QED) is 0.0624. The lowest BCUT2D eigenvalue weighted by atomic mass is 9.97. The van der Waals surface area contributed by atoms with Crippen LogP contribution >= 0.6 is 0 Å². The summed E-state index contributed by atoms with van der Waals surface area (Å²) in [5, 5.41) is 0. The van der Waals surface area contributed by atoms with Crippen molar-refractivity contribution in [3.05, 3.63) is 41.8 Å². The van der Waals surface area contributed by atoms with E-state index in [0.717, 1.165) is 0 Å². The van der Waals surface area contributed by atoms with E-state index in [4.69, 9.17) is 0 Å². The largest absolute Gasteiger partial charge is 0.0654 e. The highest BCUT2D eigenvalue weighted by Crippen LogP contribution is 2.19. The Morgan fingerprint density at radius 1 is 0.277 bits per heavy atom. The van der Waals surface area contributed by atoms with E-state index in [1.807, 2.05) is 0 Å². The first-order valence-corrected chi connectivity index (χ1v) is 22.2. The number of hydrogen-bond acceptors (Lipinski definition) is 0. The second kappa shape index (κ2) is 36.5. The van der Waals surface area contributed by atoms with Crippen molar-refractivity contribution in [2.45, 2.75) is 258 Å². The summed E-state index contributed by atoms with van der Waals surface area (Å²) in [5.41, 5.74) is 4.29. The zero-order valence-corrected chi connectivity index (χ0v) is 32.8. The fourth-order valence-electron chi connectivity index (χ4n) is 7.59. The van der Waals surface area contributed by atoms with Gasteiger partial charge in [-0.25, -0.2) is 0 Å². The first-order chi connectivity index (χ1) is 23.3. The average molecular weight is 652 g/mol. The highest BCUT2D eigenvalue weighted by molar-refractivity contribution is 5.32. The van der Waals surface area contributed by atoms with Crippen LogP contribution < -0.4 is 0 Å². The Labute approximate surface area is 298 Å². The van der Waals surface area contributed by atoms with Gasteiger partial charge >= 0.3 is 0 Å². The van der Waals surface area contributed by atoms with Crippen LogP contribution in [0, 0.1) is 6.92 Å². The summed E-state index contributed by atoms with van der Waals surface area (Å²) in [5.74, 6) is 0. The third kappa shape index (κ3) is 32.2. The normalized spacial score (nSPS) is 11.6. The first-order valence-electron chi connectivity index (χ1n) is 22.2. The molecule has 0 saturated carbocycles. The molecule has 0 saturated heterocycles. The predicted molar refractivity (Wildman–Crippen MR) is 216 cm³/mol. The van der Waals surface area contributed by atoms with E-state index in [2.05, 4.69) is 39.0 Å². The summed E-state index contributed by atoms with van der Waals surface area (Å²) in [4.78, 5) is 0. The van der Waals surface area contributed by atoms with Crippen LogP contribution in [-0.2, 0) is 12.8 Å². The van der Waals surface area contributed by atoms with Crippen LogP contribution in [0.1, 0.15) is 262 Å². The maximum absolute atomic E-state index is 4.30. The van der Waals surface area contributed by atoms with Gasteiger partial charge in [-0.05, 0) is 49.3 Å². The van der Waals surface area contributed by atoms with Crippen molar-refractivity contribution >= 4 is 0 Å². The SMILES string of the molecule is [CH2]c1cc(CCCCCCCCCCCCCCCCCCCC)cc(CCCCCCCCCCCCCCCCCCCC)c1. The van der Waals surface area contributed by atoms with Crippen molar-refractivity contribution in [3.8, 4) is 0 Å². The Kier molecular flexibility index (Phi) is 34.4. The number of hydrogen-bond donors (Lipinski definition) is 0. The molecule has 0 amide bonds. The molecule has 0 aliphatic rings. The fourth-order valence-corrected chi connectivity index (χ4v) is 7.59. The molecule has 47 heavy (non-hydrogen) atoms. The Morgan fingerprint density at radius 3 is 0.681 bits per heavy atom. The molecule has 1 radical (unpaired) electrons. The molecule has 0 fully saturated rings. The van der Waals surface area contributed by atoms with Gasteiger partial charge in [-0.2, -0.15) is 0 Å². The lowest BCUT2D eigenvalue weighted by Gasteiger charge is -2.09. The lowest BCUT2D eigenvalue weighted by Crippen LogP contribution is -1.93. The van der Waals surface area contributed by atoms with Gasteiger partial charge in [0, 0.05) is 0 Å². The monoisotopic (exact) mass is 652 g/mol. The summed E-state index contributed by atoms with van der Waals surface area (Å²) in [6.07, 6.45) is 54.6. The Balaban J connectivity index is 1.88. The first kappa shape index (κ1) is 44.2. The number of unbranched alkanes of at least 4 members (excludes halogenated alkanes) is 34. The molecule has 0 aliphatic heterocycles. The average Bonchev–Trinajstić information content (AvgIpc) is 3.07. The van der Waals surface area contributed by atoms with Gasteiger partial charge in [0.1, 0.15) is 0 Å². The third-order valence-corrected chi connectivity index (χ3v) is 10.8. The standard InChI is InChI=1S/C47H87/c1-4-6-8-10-12-14-16-18-20-22-24-26-28-30-32-34-36-38-40-46-42-45(3)43-47(44-46)41-39-37-35-33-31-29-27-25-23-21-19-17-15-13-11-9-7-5-2/h42-44H,3-41H2,1-2H3. The Bertz CT molecular complexity index is 673. The molecule has 0 atom stereocenters. The molecule has 1 rings (SSSR count). The Morgan fingerprint density at radius 2 is 0.468 bits per heavy atom. The molecule has 275 valence electrons. The molecule has 0 N–H and O–H groups in total. The molecule has 0 heterocycles. The zero-order chi connectivity index (χ0) is 33.7. The highest BCUT2D eigenvalue weighted by atomic mass is 14.1. The van der Waals surface area contributed by atoms with E-state index in [9.17, 15) is 0 Å². The van der Waals surface area contributed by atoms with Gasteiger partial charge in [0.15, 0.2) is 0 Å². The predicted octanol–water partition coefficient (Wildman–Crippen LogP) is 17.0. The van der Waals surface area contributed by atoms with E-state index in [0.29, 0.717) is 0 Å². The minimum atomic E-state index is 1.22. The maximum atomic E-state index is 4.30. The van der Waals surface area contributed by atoms with Crippen molar-refractivity contribution in [3.63, 3.8) is 0 Å². The van der Waals surface area contributed by atoms with Gasteiger partial charge in [-0.15, -0.1) is 0 Å². The fraction of sp³-hybridized carbons (Fsp3) is 0.851. The van der Waals surface area contributed by atoms with Crippen LogP contribution in [0.4, 0.5) is 0 Å². The van der Waals surface area contributed by atoms with E-state index in [-0.39, 0.29) is 0 Å². The second-order valence-electron chi connectivity index (χ2n) is 15.7. The summed E-state index contributed by atoms with van der Waals surface area (Å²) in [6, 6.07) is 7.18. The number of aryl methyl sites for hydroxylation is 2. The minimum Gasteiger partial charge on any atom is -0.0654 e. The van der Waals surface area contributed by atoms with Crippen LogP contribution in [0.15, 0.2) is 18.2 Å². The number of rotatable bonds is 38. The van der Waals surface area contributed by atoms with Gasteiger partial charge in [-0.3, -0.25) is 0 Å². The summed E-state index contributed by atoms with van der Waals surface area (Å²) >= 11 is 0. The highest BCUT2D eigenvalue weighted by Gasteiger charge is 2.02. The second-order valence-corrected chi connectivity index (χ2v) is 15.7. The molecule has 0 aliphatic carbocycles. The van der Waals surface area contributed by atoms with E-state index in [1.165, 1.54) is 261 Å². The van der Waals surface area contributed by atoms with Gasteiger partial charge < -0.3 is 0 Å². The zero-order valence-electron chi connectivity index (χ0n) is 32.8. The van der Waals surface area contributed by atoms with Crippen molar-refractivity contribution in [2.75, 3.05) is 0 Å². The minimum absolute atomic E-state index is 1.22. The molecular weight excluding hydrogens is 565 g/mol. The van der Waals surface area contributed by atoms with Crippen molar-refractivity contribution in [1.29, 1.82) is 0 Å². The lowest BCUT2D eigenvalue weighted by molar-refractivity contribution is 0.525. The molecule has 1 aromatic carbocycles. The topological polar surface area (TPSA) is 0 Å². The molecule has 1 aromatic rings. The molecule has 0 nitrogen and oxygen atoms in total. The van der Waals surface area contributed by atoms with Crippen LogP contribution in [0.5, 0.6) is 0 Å². The van der Waals surface area contributed by atoms with Crippen LogP contribution in [0.2, 0.25) is 0 Å². The molecule has 0 aromatic heterocycles. The smallest absolute Gasteiger partial charge is 0.0238 e. The van der Waals surface area contributed by atoms with Crippen molar-refractivity contribution in [1.82, 2.24) is 0 Å². The summed E-state index contributed by atoms with van der Waals surface area (Å²) < 4.78 is 0.